The summed E-state index contributed by atoms with van der Waals surface area (Å²) in [5.41, 5.74) is 12.1. The summed E-state index contributed by atoms with van der Waals surface area (Å²) >= 11 is 0. The number of hydrogen-bond acceptors (Lipinski definition) is 4. The summed E-state index contributed by atoms with van der Waals surface area (Å²) in [6.45, 7) is 10.0. The van der Waals surface area contributed by atoms with E-state index in [2.05, 4.69) is 137 Å². The van der Waals surface area contributed by atoms with Crippen molar-refractivity contribution in [3.63, 3.8) is 0 Å². The molecule has 0 bridgehead atoms. The molecule has 11 rings (SSSR count). The molecular weight excluding hydrogens is 1070 g/mol. The van der Waals surface area contributed by atoms with Gasteiger partial charge in [0.1, 0.15) is 11.5 Å². The number of ether oxygens (including phenoxy) is 2. The first-order valence-electron chi connectivity index (χ1n) is 30.4. The normalized spacial score (nSPS) is 12.8. The van der Waals surface area contributed by atoms with E-state index in [1.165, 1.54) is 33.4 Å². The van der Waals surface area contributed by atoms with Gasteiger partial charge in [-0.3, -0.25) is 0 Å². The van der Waals surface area contributed by atoms with Crippen LogP contribution in [-0.2, 0) is 14.5 Å². The Bertz CT molecular complexity index is 3720. The van der Waals surface area contributed by atoms with Crippen LogP contribution >= 0.6 is 14.3 Å². The van der Waals surface area contributed by atoms with Crippen LogP contribution in [0.25, 0.3) is 35.4 Å². The van der Waals surface area contributed by atoms with Gasteiger partial charge in [0.25, 0.3) is 0 Å². The predicted molar refractivity (Wildman–Crippen MR) is 362 cm³/mol. The molecule has 426 valence electrons. The molecule has 4 nitrogen and oxygen atoms in total. The van der Waals surface area contributed by atoms with Crippen molar-refractivity contribution in [1.82, 2.24) is 0 Å². The van der Waals surface area contributed by atoms with Gasteiger partial charge in [0, 0.05) is 43.0 Å². The van der Waals surface area contributed by atoms with Gasteiger partial charge in [0.05, 0.1) is 18.6 Å². The molecule has 10 aromatic carbocycles. The Hall–Kier alpha value is -8.26. The summed E-state index contributed by atoms with van der Waals surface area (Å²) in [5, 5.41) is 4.71. The summed E-state index contributed by atoms with van der Waals surface area (Å²) in [7, 11) is -6.67. The van der Waals surface area contributed by atoms with Crippen molar-refractivity contribution in [2.45, 2.75) is 84.5 Å². The van der Waals surface area contributed by atoms with E-state index in [4.69, 9.17) is 9.47 Å². The Kier molecular flexibility index (Phi) is 18.4. The Morgan fingerprint density at radius 3 is 1.06 bits per heavy atom. The van der Waals surface area contributed by atoms with Crippen molar-refractivity contribution in [1.29, 1.82) is 0 Å². The Morgan fingerprint density at radius 2 is 0.694 bits per heavy atom. The molecule has 85 heavy (non-hydrogen) atoms. The number of benzene rings is 10. The van der Waals surface area contributed by atoms with Crippen LogP contribution in [0.15, 0.2) is 243 Å². The number of fused-ring (bicyclic) bond motifs is 3. The quantitative estimate of drug-likeness (QED) is 0.0344. The van der Waals surface area contributed by atoms with Gasteiger partial charge in [-0.2, -0.15) is 0 Å². The van der Waals surface area contributed by atoms with Crippen LogP contribution in [0.2, 0.25) is 0 Å². The van der Waals surface area contributed by atoms with E-state index in [-0.39, 0.29) is 0 Å². The highest BCUT2D eigenvalue weighted by molar-refractivity contribution is 7.85. The fourth-order valence-corrected chi connectivity index (χ4v) is 18.1. The average molecular weight is 1150 g/mol. The van der Waals surface area contributed by atoms with Crippen LogP contribution in [0.1, 0.15) is 121 Å². The van der Waals surface area contributed by atoms with Gasteiger partial charge in [-0.25, -0.2) is 0 Å². The van der Waals surface area contributed by atoms with E-state index in [9.17, 15) is 0 Å². The fourth-order valence-electron chi connectivity index (χ4n) is 12.4. The maximum atomic E-state index is 16.0. The van der Waals surface area contributed by atoms with Crippen LogP contribution in [0.3, 0.4) is 0 Å². The van der Waals surface area contributed by atoms with Crippen LogP contribution in [0.5, 0.6) is 11.5 Å². The minimum Gasteiger partial charge on any atom is -0.493 e. The van der Waals surface area contributed by atoms with E-state index in [0.29, 0.717) is 13.2 Å². The van der Waals surface area contributed by atoms with Crippen LogP contribution in [0.4, 0.5) is 0 Å². The lowest BCUT2D eigenvalue weighted by molar-refractivity contribution is 0.304. The highest BCUT2D eigenvalue weighted by atomic mass is 31.2. The fraction of sp³-hybridized carbons (Fsp3) is 0.190. The SMILES string of the molecule is CCCCCCOc1ccc(C2(c3ccc(OCCCCCC)c(/C=C/c4ccccc4P(=O)(c4ccccc4)c4ccccc4)c3)c3cc(C)ccc3-c3ccc(C)cc32)cc1/C=C/c1ccccc1P(=O)(c1ccccc1)c1ccccc1. The van der Waals surface area contributed by atoms with Crippen molar-refractivity contribution < 1.29 is 18.6 Å². The summed E-state index contributed by atoms with van der Waals surface area (Å²) in [6, 6.07) is 83.3. The van der Waals surface area contributed by atoms with Gasteiger partial charge in [-0.1, -0.05) is 306 Å². The summed E-state index contributed by atoms with van der Waals surface area (Å²) in [5.74, 6) is 1.59. The molecule has 0 fully saturated rings. The standard InChI is InChI=1S/C79H76O4P2/c1-5-7-9-27-53-82-75-51-47-65(57-63(75)45-43-61-29-23-25-39-77(61)84(80,67-31-15-11-16-32-67)68-33-17-12-18-34-68)79(73-55-59(3)41-49-71(73)72-50-42-60(4)56-74(72)79)66-48-52-76(83-54-28-10-8-6-2)64(58-66)46-44-62-30-24-26-40-78(62)85(81,69-35-19-13-20-36-69)70-37-21-14-22-38-70/h11-26,29-52,55-58H,5-10,27-28,53-54H2,1-4H3/b45-43+,46-44+. The smallest absolute Gasteiger partial charge is 0.171 e. The maximum Gasteiger partial charge on any atom is 0.171 e. The average Bonchev–Trinajstić information content (AvgIpc) is 1.63. The van der Waals surface area contributed by atoms with Gasteiger partial charge in [0.2, 0.25) is 0 Å². The first-order chi connectivity index (χ1) is 41.7. The molecule has 0 aliphatic heterocycles. The molecule has 0 saturated heterocycles. The zero-order chi connectivity index (χ0) is 58.6. The highest BCUT2D eigenvalue weighted by Gasteiger charge is 2.47. The predicted octanol–water partition coefficient (Wildman–Crippen LogP) is 18.2. The largest absolute Gasteiger partial charge is 0.493 e. The topological polar surface area (TPSA) is 52.6 Å². The molecule has 0 atom stereocenters. The summed E-state index contributed by atoms with van der Waals surface area (Å²) < 4.78 is 45.8. The van der Waals surface area contributed by atoms with E-state index in [1.54, 1.807) is 0 Å². The minimum atomic E-state index is -3.34. The van der Waals surface area contributed by atoms with Gasteiger partial charge >= 0.3 is 0 Å². The summed E-state index contributed by atoms with van der Waals surface area (Å²) in [6.07, 6.45) is 17.3. The molecular formula is C79H76O4P2. The summed E-state index contributed by atoms with van der Waals surface area (Å²) in [4.78, 5) is 0. The molecule has 0 aromatic heterocycles. The van der Waals surface area contributed by atoms with Crippen molar-refractivity contribution in [3.05, 3.63) is 298 Å². The third-order valence-electron chi connectivity index (χ3n) is 16.8. The van der Waals surface area contributed by atoms with E-state index >= 15 is 9.13 Å². The van der Waals surface area contributed by atoms with Crippen molar-refractivity contribution in [2.24, 2.45) is 0 Å². The number of hydrogen-bond donors (Lipinski definition) is 0. The second-order valence-corrected chi connectivity index (χ2v) is 28.0. The molecule has 0 radical (unpaired) electrons. The lowest BCUT2D eigenvalue weighted by Crippen LogP contribution is -2.29. The molecule has 1 aliphatic rings. The first kappa shape index (κ1) is 58.5. The first-order valence-corrected chi connectivity index (χ1v) is 33.8. The van der Waals surface area contributed by atoms with Crippen molar-refractivity contribution >= 4 is 70.4 Å². The second-order valence-electron chi connectivity index (χ2n) is 22.5. The molecule has 0 spiro atoms. The lowest BCUT2D eigenvalue weighted by atomic mass is 9.66. The van der Waals surface area contributed by atoms with Crippen LogP contribution < -0.4 is 41.3 Å². The Balaban J connectivity index is 1.11. The van der Waals surface area contributed by atoms with E-state index < -0.39 is 19.7 Å². The minimum absolute atomic E-state index is 0.591. The van der Waals surface area contributed by atoms with Crippen molar-refractivity contribution in [3.8, 4) is 22.6 Å². The number of unbranched alkanes of at least 4 members (excludes halogenated alkanes) is 6. The molecule has 10 aromatic rings. The highest BCUT2D eigenvalue weighted by Crippen LogP contribution is 2.58. The van der Waals surface area contributed by atoms with Crippen molar-refractivity contribution in [2.75, 3.05) is 13.2 Å². The molecule has 0 unspecified atom stereocenters. The van der Waals surface area contributed by atoms with Gasteiger partial charge in [-0.05, 0) is 95.5 Å². The van der Waals surface area contributed by atoms with Gasteiger partial charge in [-0.15, -0.1) is 0 Å². The van der Waals surface area contributed by atoms with E-state index in [0.717, 1.165) is 128 Å². The Labute approximate surface area is 504 Å². The zero-order valence-electron chi connectivity index (χ0n) is 49.5. The van der Waals surface area contributed by atoms with Gasteiger partial charge in [0.15, 0.2) is 14.3 Å². The monoisotopic (exact) mass is 1150 g/mol. The third kappa shape index (κ3) is 11.9. The third-order valence-corrected chi connectivity index (χ3v) is 23.0. The van der Waals surface area contributed by atoms with Gasteiger partial charge < -0.3 is 18.6 Å². The van der Waals surface area contributed by atoms with Crippen LogP contribution in [0, 0.1) is 13.8 Å². The maximum absolute atomic E-state index is 16.0. The Morgan fingerprint density at radius 1 is 0.353 bits per heavy atom. The molecule has 0 heterocycles. The van der Waals surface area contributed by atoms with E-state index in [1.807, 2.05) is 158 Å². The van der Waals surface area contributed by atoms with Crippen LogP contribution in [-0.4, -0.2) is 13.2 Å². The molecule has 6 heteroatoms. The number of aryl methyl sites for hydroxylation is 2. The second kappa shape index (κ2) is 26.8. The molecule has 0 saturated carbocycles. The molecule has 0 N–H and O–H groups in total. The lowest BCUT2D eigenvalue weighted by Gasteiger charge is -2.35. The number of rotatable bonds is 24. The molecule has 1 aliphatic carbocycles. The zero-order valence-corrected chi connectivity index (χ0v) is 51.3. The molecule has 0 amide bonds.